The van der Waals surface area contributed by atoms with Gasteiger partial charge in [0.25, 0.3) is 0 Å². The lowest BCUT2D eigenvalue weighted by atomic mass is 10.1. The molecule has 1 N–H and O–H groups in total. The Hall–Kier alpha value is -3.26. The lowest BCUT2D eigenvalue weighted by molar-refractivity contribution is -0.122. The molecule has 8 heteroatoms. The van der Waals surface area contributed by atoms with Crippen molar-refractivity contribution in [1.29, 1.82) is 0 Å². The molecule has 1 atom stereocenters. The molecule has 0 bridgehead atoms. The summed E-state index contributed by atoms with van der Waals surface area (Å²) in [6, 6.07) is 13.1. The van der Waals surface area contributed by atoms with Crippen molar-refractivity contribution in [2.45, 2.75) is 6.42 Å². The zero-order valence-corrected chi connectivity index (χ0v) is 17.8. The maximum absolute atomic E-state index is 12.9. The second kappa shape index (κ2) is 9.26. The first-order valence-electron chi connectivity index (χ1n) is 10.3. The first kappa shape index (κ1) is 21.0. The summed E-state index contributed by atoms with van der Waals surface area (Å²) in [5.74, 6) is 0.450. The van der Waals surface area contributed by atoms with Crippen LogP contribution in [0.4, 0.5) is 17.1 Å². The minimum absolute atomic E-state index is 0.117. The summed E-state index contributed by atoms with van der Waals surface area (Å²) in [6.07, 6.45) is 0.148. The van der Waals surface area contributed by atoms with Crippen molar-refractivity contribution in [3.63, 3.8) is 0 Å². The van der Waals surface area contributed by atoms with Gasteiger partial charge in [-0.25, -0.2) is 0 Å². The van der Waals surface area contributed by atoms with E-state index in [1.807, 2.05) is 24.3 Å². The predicted octanol–water partition coefficient (Wildman–Crippen LogP) is 2.53. The Morgan fingerprint density at radius 2 is 1.90 bits per heavy atom. The molecule has 2 aromatic rings. The molecule has 0 aromatic heterocycles. The molecule has 4 rings (SSSR count). The highest BCUT2D eigenvalue weighted by Gasteiger charge is 2.36. The van der Waals surface area contributed by atoms with E-state index >= 15 is 0 Å². The molecular formula is C23H27N3O5. The fourth-order valence-electron chi connectivity index (χ4n) is 3.97. The number of ether oxygens (including phenoxy) is 3. The number of rotatable bonds is 6. The van der Waals surface area contributed by atoms with Gasteiger partial charge >= 0.3 is 0 Å². The minimum atomic E-state index is -0.449. The molecule has 2 aromatic carbocycles. The van der Waals surface area contributed by atoms with Crippen molar-refractivity contribution in [3.8, 4) is 11.5 Å². The van der Waals surface area contributed by atoms with Crippen molar-refractivity contribution in [2.24, 2.45) is 5.92 Å². The fourth-order valence-corrected chi connectivity index (χ4v) is 3.97. The molecule has 0 spiro atoms. The third kappa shape index (κ3) is 4.59. The van der Waals surface area contributed by atoms with E-state index in [9.17, 15) is 9.59 Å². The number of hydrogen-bond donors (Lipinski definition) is 1. The van der Waals surface area contributed by atoms with Crippen molar-refractivity contribution >= 4 is 28.9 Å². The lowest BCUT2D eigenvalue weighted by Crippen LogP contribution is -2.36. The minimum Gasteiger partial charge on any atom is -0.497 e. The second-order valence-electron chi connectivity index (χ2n) is 7.58. The van der Waals surface area contributed by atoms with Gasteiger partial charge < -0.3 is 29.3 Å². The van der Waals surface area contributed by atoms with Gasteiger partial charge in [-0.15, -0.1) is 0 Å². The van der Waals surface area contributed by atoms with Crippen LogP contribution in [-0.4, -0.2) is 58.9 Å². The van der Waals surface area contributed by atoms with Crippen molar-refractivity contribution < 1.29 is 23.8 Å². The maximum Gasteiger partial charge on any atom is 0.229 e. The average Bonchev–Trinajstić information content (AvgIpc) is 3.21. The van der Waals surface area contributed by atoms with Gasteiger partial charge in [0.05, 0.1) is 39.0 Å². The van der Waals surface area contributed by atoms with E-state index in [0.29, 0.717) is 30.4 Å². The van der Waals surface area contributed by atoms with Crippen molar-refractivity contribution in [3.05, 3.63) is 42.5 Å². The zero-order valence-electron chi connectivity index (χ0n) is 17.8. The Bertz CT molecular complexity index is 958. The molecule has 2 heterocycles. The molecule has 31 heavy (non-hydrogen) atoms. The van der Waals surface area contributed by atoms with E-state index in [-0.39, 0.29) is 24.8 Å². The van der Waals surface area contributed by atoms with Crippen LogP contribution in [0, 0.1) is 5.92 Å². The molecule has 8 nitrogen and oxygen atoms in total. The quantitative estimate of drug-likeness (QED) is 0.766. The highest BCUT2D eigenvalue weighted by Crippen LogP contribution is 2.36. The van der Waals surface area contributed by atoms with Gasteiger partial charge in [-0.05, 0) is 30.3 Å². The number of morpholine rings is 1. The highest BCUT2D eigenvalue weighted by molar-refractivity contribution is 6.04. The molecule has 1 unspecified atom stereocenters. The third-order valence-electron chi connectivity index (χ3n) is 5.66. The van der Waals surface area contributed by atoms with Crippen LogP contribution < -0.4 is 24.6 Å². The number of carbonyl (C=O) groups is 2. The number of nitrogens with one attached hydrogen (secondary N) is 1. The number of carbonyl (C=O) groups excluding carboxylic acids is 2. The van der Waals surface area contributed by atoms with Crippen LogP contribution in [0.2, 0.25) is 0 Å². The summed E-state index contributed by atoms with van der Waals surface area (Å²) in [7, 11) is 3.12. The van der Waals surface area contributed by atoms with Gasteiger partial charge in [0, 0.05) is 43.5 Å². The Labute approximate surface area is 181 Å². The van der Waals surface area contributed by atoms with Gasteiger partial charge in [-0.2, -0.15) is 0 Å². The van der Waals surface area contributed by atoms with E-state index in [4.69, 9.17) is 14.2 Å². The molecule has 2 amide bonds. The van der Waals surface area contributed by atoms with Gasteiger partial charge in [-0.1, -0.05) is 6.07 Å². The van der Waals surface area contributed by atoms with Crippen molar-refractivity contribution in [2.75, 3.05) is 62.2 Å². The standard InChI is InChI=1S/C23H27N3O5/c1-29-19-6-7-21(30-2)20(14-19)26-15-16(12-22(26)27)23(28)24-17-4-3-5-18(13-17)25-8-10-31-11-9-25/h3-7,13-14,16H,8-12,15H2,1-2H3,(H,24,28). The van der Waals surface area contributed by atoms with E-state index < -0.39 is 5.92 Å². The molecule has 2 aliphatic rings. The number of amides is 2. The number of methoxy groups -OCH3 is 2. The van der Waals surface area contributed by atoms with Crippen molar-refractivity contribution in [1.82, 2.24) is 0 Å². The van der Waals surface area contributed by atoms with E-state index in [0.717, 1.165) is 24.5 Å². The summed E-state index contributed by atoms with van der Waals surface area (Å²) < 4.78 is 16.1. The predicted molar refractivity (Wildman–Crippen MR) is 118 cm³/mol. The molecule has 0 radical (unpaired) electrons. The van der Waals surface area contributed by atoms with Crippen LogP contribution in [0.3, 0.4) is 0 Å². The number of nitrogens with zero attached hydrogens (tertiary/aromatic N) is 2. The second-order valence-corrected chi connectivity index (χ2v) is 7.58. The van der Waals surface area contributed by atoms with Crippen LogP contribution >= 0.6 is 0 Å². The molecule has 164 valence electrons. The molecule has 2 aliphatic heterocycles. The Morgan fingerprint density at radius 1 is 1.10 bits per heavy atom. The average molecular weight is 425 g/mol. The number of benzene rings is 2. The SMILES string of the molecule is COc1ccc(OC)c(N2CC(C(=O)Nc3cccc(N4CCOCC4)c3)CC2=O)c1. The fraction of sp³-hybridized carbons (Fsp3) is 0.391. The first-order valence-corrected chi connectivity index (χ1v) is 10.3. The van der Waals surface area contributed by atoms with Crippen LogP contribution in [0.25, 0.3) is 0 Å². The van der Waals surface area contributed by atoms with Crippen LogP contribution in [0.15, 0.2) is 42.5 Å². The summed E-state index contributed by atoms with van der Waals surface area (Å²) in [5, 5.41) is 2.98. The summed E-state index contributed by atoms with van der Waals surface area (Å²) in [6.45, 7) is 3.34. The van der Waals surface area contributed by atoms with Crippen LogP contribution in [0.1, 0.15) is 6.42 Å². The Balaban J connectivity index is 1.46. The third-order valence-corrected chi connectivity index (χ3v) is 5.66. The largest absolute Gasteiger partial charge is 0.497 e. The molecule has 0 aliphatic carbocycles. The molecular weight excluding hydrogens is 398 g/mol. The van der Waals surface area contributed by atoms with Gasteiger partial charge in [-0.3, -0.25) is 9.59 Å². The van der Waals surface area contributed by atoms with Crippen LogP contribution in [0.5, 0.6) is 11.5 Å². The van der Waals surface area contributed by atoms with E-state index in [2.05, 4.69) is 10.2 Å². The highest BCUT2D eigenvalue weighted by atomic mass is 16.5. The summed E-state index contributed by atoms with van der Waals surface area (Å²) >= 11 is 0. The normalized spacial score (nSPS) is 18.8. The van der Waals surface area contributed by atoms with Crippen LogP contribution in [-0.2, 0) is 14.3 Å². The Morgan fingerprint density at radius 3 is 2.65 bits per heavy atom. The zero-order chi connectivity index (χ0) is 21.8. The van der Waals surface area contributed by atoms with Gasteiger partial charge in [0.2, 0.25) is 11.8 Å². The smallest absolute Gasteiger partial charge is 0.229 e. The molecule has 2 fully saturated rings. The van der Waals surface area contributed by atoms with Gasteiger partial charge in [0.15, 0.2) is 0 Å². The first-order chi connectivity index (χ1) is 15.1. The van der Waals surface area contributed by atoms with E-state index in [1.165, 1.54) is 0 Å². The summed E-state index contributed by atoms with van der Waals surface area (Å²) in [5.41, 5.74) is 2.38. The molecule has 0 saturated carbocycles. The number of anilines is 3. The summed E-state index contributed by atoms with van der Waals surface area (Å²) in [4.78, 5) is 29.4. The Kier molecular flexibility index (Phi) is 6.27. The van der Waals surface area contributed by atoms with E-state index in [1.54, 1.807) is 37.3 Å². The number of hydrogen-bond acceptors (Lipinski definition) is 6. The topological polar surface area (TPSA) is 80.3 Å². The monoisotopic (exact) mass is 425 g/mol. The molecule has 2 saturated heterocycles. The maximum atomic E-state index is 12.9. The lowest BCUT2D eigenvalue weighted by Gasteiger charge is -2.29. The van der Waals surface area contributed by atoms with Gasteiger partial charge in [0.1, 0.15) is 11.5 Å².